The number of likely N-dealkylation sites (tertiary alicyclic amines) is 1. The molecule has 3 aromatic rings. The Hall–Kier alpha value is -3.37. The first kappa shape index (κ1) is 23.8. The molecule has 34 heavy (non-hydrogen) atoms. The number of amides is 1. The van der Waals surface area contributed by atoms with Crippen LogP contribution in [0.25, 0.3) is 0 Å². The van der Waals surface area contributed by atoms with Crippen molar-refractivity contribution in [3.05, 3.63) is 60.0 Å². The SMILES string of the molecule is CC(C)c1cc(N=C(N=C(N)Sc2ccc(NC(=O)CN3CCCC3)cc2)c2ccc[nH]2)n[nH]1. The van der Waals surface area contributed by atoms with Gasteiger partial charge in [-0.15, -0.1) is 0 Å². The molecule has 0 saturated carbocycles. The first-order valence-electron chi connectivity index (χ1n) is 11.4. The van der Waals surface area contributed by atoms with Crippen molar-refractivity contribution in [3.63, 3.8) is 0 Å². The summed E-state index contributed by atoms with van der Waals surface area (Å²) in [6.07, 6.45) is 4.14. The Morgan fingerprint density at radius 2 is 2.00 bits per heavy atom. The van der Waals surface area contributed by atoms with Crippen LogP contribution in [0, 0.1) is 0 Å². The van der Waals surface area contributed by atoms with E-state index in [-0.39, 0.29) is 5.91 Å². The zero-order valence-electron chi connectivity index (χ0n) is 19.4. The van der Waals surface area contributed by atoms with Gasteiger partial charge in [0.25, 0.3) is 0 Å². The van der Waals surface area contributed by atoms with Crippen LogP contribution < -0.4 is 11.1 Å². The molecule has 0 radical (unpaired) electrons. The summed E-state index contributed by atoms with van der Waals surface area (Å²) in [7, 11) is 0. The van der Waals surface area contributed by atoms with Crippen LogP contribution in [0.15, 0.2) is 63.5 Å². The van der Waals surface area contributed by atoms with E-state index < -0.39 is 0 Å². The number of nitrogens with one attached hydrogen (secondary N) is 3. The van der Waals surface area contributed by atoms with E-state index in [0.29, 0.717) is 29.3 Å². The Morgan fingerprint density at radius 3 is 2.65 bits per heavy atom. The van der Waals surface area contributed by atoms with Gasteiger partial charge in [-0.2, -0.15) is 5.10 Å². The molecule has 1 amide bonds. The molecule has 5 N–H and O–H groups in total. The van der Waals surface area contributed by atoms with Gasteiger partial charge in [-0.1, -0.05) is 25.6 Å². The monoisotopic (exact) mass is 478 g/mol. The van der Waals surface area contributed by atoms with Gasteiger partial charge in [0.2, 0.25) is 5.91 Å². The summed E-state index contributed by atoms with van der Waals surface area (Å²) in [5, 5.41) is 10.6. The molecule has 1 fully saturated rings. The lowest BCUT2D eigenvalue weighted by Gasteiger charge is -2.14. The molecule has 178 valence electrons. The number of benzene rings is 1. The average Bonchev–Trinajstić information content (AvgIpc) is 3.57. The number of H-pyrrole nitrogens is 2. The van der Waals surface area contributed by atoms with E-state index in [1.54, 1.807) is 0 Å². The van der Waals surface area contributed by atoms with Crippen LogP contribution in [-0.4, -0.2) is 56.6 Å². The molecule has 0 atom stereocenters. The minimum Gasteiger partial charge on any atom is -0.378 e. The predicted molar refractivity (Wildman–Crippen MR) is 138 cm³/mol. The Morgan fingerprint density at radius 1 is 1.24 bits per heavy atom. The van der Waals surface area contributed by atoms with Crippen LogP contribution >= 0.6 is 11.8 Å². The molecule has 2 aromatic heterocycles. The number of nitrogens with zero attached hydrogens (tertiary/aromatic N) is 4. The van der Waals surface area contributed by atoms with Crippen molar-refractivity contribution < 1.29 is 4.79 Å². The number of thioether (sulfide) groups is 1. The van der Waals surface area contributed by atoms with Crippen LogP contribution in [0.5, 0.6) is 0 Å². The van der Waals surface area contributed by atoms with E-state index in [1.165, 1.54) is 24.6 Å². The molecule has 1 aliphatic rings. The molecular formula is C24H30N8OS. The minimum absolute atomic E-state index is 0.00849. The lowest BCUT2D eigenvalue weighted by atomic mass is 10.1. The van der Waals surface area contributed by atoms with Crippen molar-refractivity contribution in [2.45, 2.75) is 37.5 Å². The molecular weight excluding hydrogens is 448 g/mol. The molecule has 3 heterocycles. The third kappa shape index (κ3) is 6.58. The smallest absolute Gasteiger partial charge is 0.238 e. The fraction of sp³-hybridized carbons (Fsp3) is 0.333. The molecule has 4 rings (SSSR count). The molecule has 0 bridgehead atoms. The molecule has 0 unspecified atom stereocenters. The van der Waals surface area contributed by atoms with E-state index >= 15 is 0 Å². The number of amidine groups is 2. The molecule has 10 heteroatoms. The zero-order valence-corrected chi connectivity index (χ0v) is 20.2. The van der Waals surface area contributed by atoms with Crippen LogP contribution in [0.1, 0.15) is 44.0 Å². The zero-order chi connectivity index (χ0) is 23.9. The van der Waals surface area contributed by atoms with E-state index in [1.807, 2.05) is 48.7 Å². The lowest BCUT2D eigenvalue weighted by Crippen LogP contribution is -2.30. The fourth-order valence-electron chi connectivity index (χ4n) is 3.60. The molecule has 1 aliphatic heterocycles. The maximum absolute atomic E-state index is 12.2. The van der Waals surface area contributed by atoms with Gasteiger partial charge in [-0.25, -0.2) is 9.98 Å². The highest BCUT2D eigenvalue weighted by atomic mass is 32.2. The number of hydrogen-bond donors (Lipinski definition) is 4. The molecule has 1 saturated heterocycles. The molecule has 0 spiro atoms. The second kappa shape index (κ2) is 11.2. The summed E-state index contributed by atoms with van der Waals surface area (Å²) in [5.74, 6) is 1.32. The van der Waals surface area contributed by atoms with Gasteiger partial charge in [0.15, 0.2) is 16.8 Å². The van der Waals surface area contributed by atoms with Crippen LogP contribution in [0.3, 0.4) is 0 Å². The third-order valence-electron chi connectivity index (χ3n) is 5.41. The quantitative estimate of drug-likeness (QED) is 0.231. The maximum Gasteiger partial charge on any atom is 0.238 e. The second-order valence-electron chi connectivity index (χ2n) is 8.46. The van der Waals surface area contributed by atoms with Gasteiger partial charge in [-0.3, -0.25) is 14.8 Å². The number of aliphatic imine (C=N–C) groups is 2. The normalized spacial score (nSPS) is 15.3. The summed E-state index contributed by atoms with van der Waals surface area (Å²) < 4.78 is 0. The second-order valence-corrected chi connectivity index (χ2v) is 9.56. The van der Waals surface area contributed by atoms with E-state index in [9.17, 15) is 4.79 Å². The van der Waals surface area contributed by atoms with Crippen molar-refractivity contribution in [1.29, 1.82) is 0 Å². The Bertz CT molecular complexity index is 1140. The lowest BCUT2D eigenvalue weighted by molar-refractivity contribution is -0.117. The number of rotatable bonds is 7. The van der Waals surface area contributed by atoms with Crippen LogP contribution in [0.4, 0.5) is 11.5 Å². The van der Waals surface area contributed by atoms with Crippen molar-refractivity contribution in [1.82, 2.24) is 20.1 Å². The third-order valence-corrected chi connectivity index (χ3v) is 6.22. The highest BCUT2D eigenvalue weighted by Crippen LogP contribution is 2.22. The van der Waals surface area contributed by atoms with Gasteiger partial charge in [-0.05, 0) is 68.2 Å². The Labute approximate surface area is 203 Å². The largest absolute Gasteiger partial charge is 0.378 e. The standard InChI is InChI=1S/C24H30N8OS/c1-16(2)20-14-21(31-30-20)28-23(19-6-5-11-26-19)29-24(25)34-18-9-7-17(8-10-18)27-22(33)15-32-12-3-4-13-32/h5-11,14,16,26H,3-4,12-13,15H2,1-2H3,(H,27,33)(H3,25,28,29,30,31). The van der Waals surface area contributed by atoms with E-state index in [0.717, 1.165) is 35.1 Å². The summed E-state index contributed by atoms with van der Waals surface area (Å²) >= 11 is 1.33. The number of aromatic amines is 2. The van der Waals surface area contributed by atoms with Crippen molar-refractivity contribution >= 4 is 40.2 Å². The van der Waals surface area contributed by atoms with E-state index in [2.05, 4.69) is 49.2 Å². The van der Waals surface area contributed by atoms with Gasteiger partial charge in [0, 0.05) is 28.5 Å². The fourth-order valence-corrected chi connectivity index (χ4v) is 4.25. The van der Waals surface area contributed by atoms with Crippen LogP contribution in [0.2, 0.25) is 0 Å². The number of carbonyl (C=O) groups excluding carboxylic acids is 1. The van der Waals surface area contributed by atoms with Crippen LogP contribution in [-0.2, 0) is 4.79 Å². The highest BCUT2D eigenvalue weighted by molar-refractivity contribution is 8.13. The number of aromatic nitrogens is 3. The average molecular weight is 479 g/mol. The molecule has 0 aliphatic carbocycles. The molecule has 9 nitrogen and oxygen atoms in total. The van der Waals surface area contributed by atoms with Crippen molar-refractivity contribution in [3.8, 4) is 0 Å². The topological polar surface area (TPSA) is 128 Å². The Balaban J connectivity index is 1.42. The van der Waals surface area contributed by atoms with Gasteiger partial charge in [0.05, 0.1) is 12.2 Å². The minimum atomic E-state index is 0.00849. The maximum atomic E-state index is 12.2. The molecule has 1 aromatic carbocycles. The van der Waals surface area contributed by atoms with Gasteiger partial charge < -0.3 is 16.0 Å². The number of anilines is 1. The first-order valence-corrected chi connectivity index (χ1v) is 12.2. The number of hydrogen-bond acceptors (Lipinski definition) is 5. The summed E-state index contributed by atoms with van der Waals surface area (Å²) in [6, 6.07) is 13.2. The van der Waals surface area contributed by atoms with Gasteiger partial charge in [0.1, 0.15) is 0 Å². The highest BCUT2D eigenvalue weighted by Gasteiger charge is 2.15. The van der Waals surface area contributed by atoms with Crippen molar-refractivity contribution in [2.75, 3.05) is 25.0 Å². The van der Waals surface area contributed by atoms with Crippen molar-refractivity contribution in [2.24, 2.45) is 15.7 Å². The summed E-state index contributed by atoms with van der Waals surface area (Å²) in [4.78, 5) is 27.6. The predicted octanol–water partition coefficient (Wildman–Crippen LogP) is 4.08. The number of carbonyl (C=O) groups is 1. The van der Waals surface area contributed by atoms with E-state index in [4.69, 9.17) is 5.73 Å². The van der Waals surface area contributed by atoms with Gasteiger partial charge >= 0.3 is 0 Å². The first-order chi connectivity index (χ1) is 16.5. The summed E-state index contributed by atoms with van der Waals surface area (Å²) in [5.41, 5.74) is 8.75. The number of nitrogens with two attached hydrogens (primary N) is 1. The summed E-state index contributed by atoms with van der Waals surface area (Å²) in [6.45, 7) is 6.60. The Kier molecular flexibility index (Phi) is 7.81.